The average molecular weight is 585 g/mol. The van der Waals surface area contributed by atoms with Crippen molar-refractivity contribution in [3.8, 4) is 11.5 Å². The minimum Gasteiger partial charge on any atom is -0.496 e. The third-order valence-corrected chi connectivity index (χ3v) is 10.5. The Morgan fingerprint density at radius 1 is 1.10 bits per heavy atom. The van der Waals surface area contributed by atoms with Crippen LogP contribution < -0.4 is 25.9 Å². The van der Waals surface area contributed by atoms with E-state index in [4.69, 9.17) is 13.9 Å². The maximum atomic E-state index is 15.1. The highest BCUT2D eigenvalue weighted by Crippen LogP contribution is 2.49. The van der Waals surface area contributed by atoms with Crippen molar-refractivity contribution >= 4 is 11.8 Å². The van der Waals surface area contributed by atoms with E-state index in [1.54, 1.807) is 0 Å². The Balaban J connectivity index is 1.14. The van der Waals surface area contributed by atoms with Crippen molar-refractivity contribution in [2.75, 3.05) is 13.7 Å². The van der Waals surface area contributed by atoms with Gasteiger partial charge < -0.3 is 24.5 Å². The van der Waals surface area contributed by atoms with Gasteiger partial charge in [0.05, 0.1) is 24.7 Å². The van der Waals surface area contributed by atoms with Gasteiger partial charge in [0.25, 0.3) is 5.91 Å². The van der Waals surface area contributed by atoms with Crippen LogP contribution in [0.1, 0.15) is 94.3 Å². The molecule has 11 heteroatoms. The van der Waals surface area contributed by atoms with Gasteiger partial charge in [-0.15, -0.1) is 5.10 Å². The number of nitrogens with one attached hydrogen (secondary N) is 3. The molecular weight excluding hydrogens is 543 g/mol. The van der Waals surface area contributed by atoms with Crippen LogP contribution in [-0.2, 0) is 10.2 Å². The van der Waals surface area contributed by atoms with Crippen molar-refractivity contribution in [1.82, 2.24) is 20.8 Å². The highest BCUT2D eigenvalue weighted by Gasteiger charge is 2.52. The van der Waals surface area contributed by atoms with E-state index in [9.17, 15) is 14.4 Å². The van der Waals surface area contributed by atoms with Crippen LogP contribution in [-0.4, -0.2) is 47.8 Å². The maximum absolute atomic E-state index is 15.1. The lowest BCUT2D eigenvalue weighted by Crippen LogP contribution is -2.51. The van der Waals surface area contributed by atoms with E-state index in [-0.39, 0.29) is 58.3 Å². The molecule has 0 unspecified atom stereocenters. The van der Waals surface area contributed by atoms with Gasteiger partial charge >= 0.3 is 5.76 Å². The molecule has 10 nitrogen and oxygen atoms in total. The first-order valence-corrected chi connectivity index (χ1v) is 15.3. The van der Waals surface area contributed by atoms with Gasteiger partial charge in [-0.05, 0) is 81.1 Å². The van der Waals surface area contributed by atoms with Crippen molar-refractivity contribution < 1.29 is 27.9 Å². The normalized spacial score (nSPS) is 31.3. The van der Waals surface area contributed by atoms with Gasteiger partial charge in [0.2, 0.25) is 11.8 Å². The first kappa shape index (κ1) is 28.7. The molecule has 4 fully saturated rings. The van der Waals surface area contributed by atoms with Gasteiger partial charge in [0, 0.05) is 24.1 Å². The Morgan fingerprint density at radius 2 is 1.83 bits per heavy atom. The molecule has 2 amide bonds. The molecule has 228 valence electrons. The van der Waals surface area contributed by atoms with Crippen LogP contribution in [0.15, 0.2) is 21.3 Å². The minimum absolute atomic E-state index is 0.0168. The number of nitrogens with zero attached hydrogens (tertiary/aromatic N) is 1. The summed E-state index contributed by atoms with van der Waals surface area (Å²) in [7, 11) is 1.40. The van der Waals surface area contributed by atoms with E-state index >= 15 is 4.39 Å². The zero-order valence-corrected chi connectivity index (χ0v) is 24.6. The molecule has 1 heterocycles. The Morgan fingerprint density at radius 3 is 2.48 bits per heavy atom. The summed E-state index contributed by atoms with van der Waals surface area (Å²) in [5.74, 6) is -0.883. The lowest BCUT2D eigenvalue weighted by Gasteiger charge is -2.39. The molecule has 1 aromatic heterocycles. The van der Waals surface area contributed by atoms with Gasteiger partial charge in [-0.1, -0.05) is 20.3 Å². The number of H-pyrrole nitrogens is 1. The van der Waals surface area contributed by atoms with Crippen LogP contribution in [0.3, 0.4) is 0 Å². The zero-order valence-electron chi connectivity index (χ0n) is 24.6. The smallest absolute Gasteiger partial charge is 0.434 e. The summed E-state index contributed by atoms with van der Waals surface area (Å²) >= 11 is 0. The fourth-order valence-corrected chi connectivity index (χ4v) is 7.68. The Hall–Kier alpha value is -3.37. The van der Waals surface area contributed by atoms with Crippen molar-refractivity contribution in [2.45, 2.75) is 95.6 Å². The molecule has 1 aromatic carbocycles. The lowest BCUT2D eigenvalue weighted by molar-refractivity contribution is -0.128. The molecule has 0 spiro atoms. The second-order valence-electron chi connectivity index (χ2n) is 13.5. The van der Waals surface area contributed by atoms with E-state index in [0.717, 1.165) is 32.1 Å². The highest BCUT2D eigenvalue weighted by molar-refractivity contribution is 5.98. The summed E-state index contributed by atoms with van der Waals surface area (Å²) in [6, 6.07) is 2.31. The average Bonchev–Trinajstić information content (AvgIpc) is 3.70. The van der Waals surface area contributed by atoms with Gasteiger partial charge in [0.1, 0.15) is 5.75 Å². The molecule has 4 aliphatic rings. The number of hydrogen-bond acceptors (Lipinski definition) is 7. The number of ether oxygens (including phenoxy) is 2. The van der Waals surface area contributed by atoms with Gasteiger partial charge in [-0.2, -0.15) is 0 Å². The van der Waals surface area contributed by atoms with E-state index in [0.29, 0.717) is 38.1 Å². The van der Waals surface area contributed by atoms with E-state index in [1.807, 2.05) is 6.92 Å². The summed E-state index contributed by atoms with van der Waals surface area (Å²) in [5.41, 5.74) is -0.0614. The molecule has 0 aliphatic heterocycles. The zero-order chi connectivity index (χ0) is 29.6. The molecule has 0 radical (unpaired) electrons. The highest BCUT2D eigenvalue weighted by atomic mass is 19.1. The number of methoxy groups -OCH3 is 1. The number of benzene rings is 1. The molecule has 4 atom stereocenters. The molecule has 3 N–H and O–H groups in total. The van der Waals surface area contributed by atoms with Crippen LogP contribution in [0.4, 0.5) is 4.39 Å². The van der Waals surface area contributed by atoms with Gasteiger partial charge in [-0.25, -0.2) is 14.3 Å². The third kappa shape index (κ3) is 5.42. The summed E-state index contributed by atoms with van der Waals surface area (Å²) < 4.78 is 31.8. The number of halogens is 1. The molecule has 6 rings (SSSR count). The van der Waals surface area contributed by atoms with Crippen molar-refractivity contribution in [2.24, 2.45) is 23.2 Å². The SMILES string of the molecule is COc1cc(F)c(OC2CCC(C)(c3n[nH]c(=O)o3)CC2)cc1C(=O)N[C@@H]1[C@H]2CC[C@H](C2)[C@@H]1C(=O)NCC1(C)CCC1. The second kappa shape index (κ2) is 11.0. The molecule has 2 bridgehead atoms. The summed E-state index contributed by atoms with van der Waals surface area (Å²) in [6.45, 7) is 4.86. The van der Waals surface area contributed by atoms with Crippen molar-refractivity contribution in [1.29, 1.82) is 0 Å². The summed E-state index contributed by atoms with van der Waals surface area (Å²) in [4.78, 5) is 38.4. The molecule has 4 aliphatic carbocycles. The maximum Gasteiger partial charge on any atom is 0.434 e. The van der Waals surface area contributed by atoms with Crippen molar-refractivity contribution in [3.05, 3.63) is 40.0 Å². The first-order chi connectivity index (χ1) is 20.1. The van der Waals surface area contributed by atoms with E-state index in [2.05, 4.69) is 27.8 Å². The standard InChI is InChI=1S/C31H41FN4O6/c1-30(9-4-10-30)16-33-27(38)24-17-5-6-18(13-17)25(24)34-26(37)20-14-23(21(32)15-22(20)40-3)41-19-7-11-31(2,12-8-19)28-35-36-29(39)42-28/h14-15,17-19,24-25H,4-13,16H2,1-3H3,(H,33,38)(H,34,37)(H,36,39)/t17-,18+,19?,24+,25-,31?/m1/s1. The van der Waals surface area contributed by atoms with Crippen LogP contribution in [0.5, 0.6) is 11.5 Å². The molecule has 42 heavy (non-hydrogen) atoms. The minimum atomic E-state index is -0.614. The predicted octanol–water partition coefficient (Wildman–Crippen LogP) is 4.24. The van der Waals surface area contributed by atoms with Crippen LogP contribution in [0, 0.1) is 29.0 Å². The van der Waals surface area contributed by atoms with Crippen molar-refractivity contribution in [3.63, 3.8) is 0 Å². The van der Waals surface area contributed by atoms with Crippen LogP contribution >= 0.6 is 0 Å². The summed E-state index contributed by atoms with van der Waals surface area (Å²) in [5, 5.41) is 12.6. The van der Waals surface area contributed by atoms with Gasteiger partial charge in [-0.3, -0.25) is 9.59 Å². The Kier molecular flexibility index (Phi) is 7.55. The van der Waals surface area contributed by atoms with E-state index in [1.165, 1.54) is 25.7 Å². The Labute approximate surface area is 244 Å². The van der Waals surface area contributed by atoms with Gasteiger partial charge in [0.15, 0.2) is 11.6 Å². The third-order valence-electron chi connectivity index (χ3n) is 10.5. The number of carbonyl (C=O) groups is 2. The fourth-order valence-electron chi connectivity index (χ4n) is 7.68. The number of aromatic nitrogens is 2. The topological polar surface area (TPSA) is 136 Å². The lowest BCUT2D eigenvalue weighted by atomic mass is 9.70. The molecule has 0 saturated heterocycles. The Bertz CT molecular complexity index is 1390. The number of hydrogen-bond donors (Lipinski definition) is 3. The predicted molar refractivity (Wildman–Crippen MR) is 151 cm³/mol. The number of aromatic amines is 1. The largest absolute Gasteiger partial charge is 0.496 e. The summed E-state index contributed by atoms with van der Waals surface area (Å²) in [6.07, 6.45) is 8.56. The number of rotatable bonds is 9. The second-order valence-corrected chi connectivity index (χ2v) is 13.5. The monoisotopic (exact) mass is 584 g/mol. The van der Waals surface area contributed by atoms with Crippen LogP contribution in [0.25, 0.3) is 0 Å². The first-order valence-electron chi connectivity index (χ1n) is 15.3. The number of amides is 2. The molecule has 4 saturated carbocycles. The molecule has 2 aromatic rings. The van der Waals surface area contributed by atoms with Crippen LogP contribution in [0.2, 0.25) is 0 Å². The fraction of sp³-hybridized carbons (Fsp3) is 0.677. The number of carbonyl (C=O) groups excluding carboxylic acids is 2. The van der Waals surface area contributed by atoms with E-state index < -0.39 is 22.9 Å². The molecular formula is C31H41FN4O6. The number of fused-ring (bicyclic) bond motifs is 2. The quantitative estimate of drug-likeness (QED) is 0.401.